The first-order valence-electron chi connectivity index (χ1n) is 7.13. The third-order valence-corrected chi connectivity index (χ3v) is 6.30. The van der Waals surface area contributed by atoms with E-state index in [0.717, 1.165) is 5.75 Å². The third kappa shape index (κ3) is 2.14. The van der Waals surface area contributed by atoms with E-state index in [2.05, 4.69) is 17.0 Å². The van der Waals surface area contributed by atoms with Gasteiger partial charge in [0, 0.05) is 7.05 Å². The van der Waals surface area contributed by atoms with Gasteiger partial charge < -0.3 is 4.52 Å². The van der Waals surface area contributed by atoms with Crippen molar-refractivity contribution < 1.29 is 14.3 Å². The maximum atomic E-state index is 6.29. The summed E-state index contributed by atoms with van der Waals surface area (Å²) in [6.07, 6.45) is 0. The summed E-state index contributed by atoms with van der Waals surface area (Å²) in [4.78, 5) is 12.7. The van der Waals surface area contributed by atoms with Crippen molar-refractivity contribution in [3.05, 3.63) is 66.2 Å². The Kier molecular flexibility index (Phi) is 3.40. The quantitative estimate of drug-likeness (QED) is 0.492. The van der Waals surface area contributed by atoms with Crippen molar-refractivity contribution in [2.75, 3.05) is 14.1 Å². The molecule has 0 saturated carbocycles. The smallest absolute Gasteiger partial charge is 0.359 e. The summed E-state index contributed by atoms with van der Waals surface area (Å²) in [5.74, 6) is 0.927. The molecule has 4 rings (SSSR count). The fraction of sp³-hybridized carbons (Fsp3) is 0.250. The molecule has 0 radical (unpaired) electrons. The third-order valence-electron chi connectivity index (χ3n) is 4.00. The molecule has 5 nitrogen and oxygen atoms in total. The average Bonchev–Trinajstić information content (AvgIpc) is 3.34. The molecular weight excluding hydrogens is 299 g/mol. The zero-order valence-corrected chi connectivity index (χ0v) is 13.3. The highest BCUT2D eigenvalue weighted by molar-refractivity contribution is 7.51. The normalized spacial score (nSPS) is 27.2. The lowest BCUT2D eigenvalue weighted by molar-refractivity contribution is 0.0351. The molecule has 2 fully saturated rings. The summed E-state index contributed by atoms with van der Waals surface area (Å²) in [6.45, 7) is 0. The van der Waals surface area contributed by atoms with Crippen molar-refractivity contribution in [3.8, 4) is 5.75 Å². The van der Waals surface area contributed by atoms with Crippen LogP contribution in [-0.4, -0.2) is 29.7 Å². The molecule has 0 bridgehead atoms. The molecular formula is C16H17N2O3P. The number of hydrogen-bond acceptors (Lipinski definition) is 5. The second-order valence-corrected chi connectivity index (χ2v) is 7.22. The molecule has 0 amide bonds. The molecule has 2 unspecified atom stereocenters. The van der Waals surface area contributed by atoms with E-state index < -0.39 is 14.3 Å². The Bertz CT molecular complexity index is 651. The molecule has 0 aliphatic carbocycles. The van der Waals surface area contributed by atoms with Gasteiger partial charge in [0.1, 0.15) is 11.5 Å². The van der Waals surface area contributed by atoms with Gasteiger partial charge in [-0.2, -0.15) is 14.4 Å². The van der Waals surface area contributed by atoms with Crippen molar-refractivity contribution in [1.29, 1.82) is 0 Å². The van der Waals surface area contributed by atoms with E-state index >= 15 is 0 Å². The molecule has 2 aliphatic rings. The van der Waals surface area contributed by atoms with Crippen LogP contribution in [0.5, 0.6) is 5.75 Å². The summed E-state index contributed by atoms with van der Waals surface area (Å²) in [6, 6.07) is 19.4. The van der Waals surface area contributed by atoms with Crippen LogP contribution in [0, 0.1) is 0 Å². The van der Waals surface area contributed by atoms with Crippen LogP contribution in [-0.2, 0) is 9.78 Å². The van der Waals surface area contributed by atoms with Gasteiger partial charge in [0.05, 0.1) is 0 Å². The molecule has 2 aromatic rings. The number of nitrogens with zero attached hydrogens (tertiary/aromatic N) is 2. The molecule has 2 atom stereocenters. The lowest BCUT2D eigenvalue weighted by atomic mass is 10.2. The predicted octanol–water partition coefficient (Wildman–Crippen LogP) is 3.53. The summed E-state index contributed by atoms with van der Waals surface area (Å²) in [5, 5.41) is 0. The average molecular weight is 316 g/mol. The van der Waals surface area contributed by atoms with Crippen molar-refractivity contribution in [2.24, 2.45) is 0 Å². The number of benzene rings is 2. The van der Waals surface area contributed by atoms with Crippen LogP contribution in [0.25, 0.3) is 0 Å². The first-order valence-corrected chi connectivity index (χ1v) is 8.41. The molecule has 0 aromatic heterocycles. The summed E-state index contributed by atoms with van der Waals surface area (Å²) in [7, 11) is 2.99. The van der Waals surface area contributed by atoms with Gasteiger partial charge in [-0.05, 0) is 24.7 Å². The highest BCUT2D eigenvalue weighted by Crippen LogP contribution is 2.68. The van der Waals surface area contributed by atoms with Crippen LogP contribution >= 0.6 is 8.30 Å². The van der Waals surface area contributed by atoms with Gasteiger partial charge >= 0.3 is 6.03 Å². The highest BCUT2D eigenvalue weighted by atomic mass is 31.2. The predicted molar refractivity (Wildman–Crippen MR) is 83.6 cm³/mol. The van der Waals surface area contributed by atoms with Gasteiger partial charge in [-0.25, -0.2) is 4.90 Å². The first-order chi connectivity index (χ1) is 10.7. The molecule has 114 valence electrons. The van der Waals surface area contributed by atoms with Crippen LogP contribution in [0.1, 0.15) is 11.3 Å². The number of rotatable bonds is 3. The van der Waals surface area contributed by atoms with E-state index in [0.29, 0.717) is 0 Å². The summed E-state index contributed by atoms with van der Waals surface area (Å²) in [5.41, 5.74) is 1.19. The van der Waals surface area contributed by atoms with Gasteiger partial charge in [-0.1, -0.05) is 48.5 Å². The largest absolute Gasteiger partial charge is 0.456 e. The molecule has 0 N–H and O–H groups in total. The Labute approximate surface area is 130 Å². The number of para-hydroxylation sites is 1. The van der Waals surface area contributed by atoms with Crippen LogP contribution < -0.4 is 4.52 Å². The summed E-state index contributed by atoms with van der Waals surface area (Å²) >= 11 is 0. The minimum atomic E-state index is -0.978. The Morgan fingerprint density at radius 2 is 1.55 bits per heavy atom. The number of hydrogen-bond donors (Lipinski definition) is 0. The SMILES string of the molecule is CN1C(c2ccccc2)P(Oc2ccccc2)N(C)C12OO2. The lowest BCUT2D eigenvalue weighted by Gasteiger charge is -2.24. The van der Waals surface area contributed by atoms with E-state index in [9.17, 15) is 0 Å². The van der Waals surface area contributed by atoms with Gasteiger partial charge in [-0.3, -0.25) is 0 Å². The van der Waals surface area contributed by atoms with Crippen molar-refractivity contribution >= 4 is 8.30 Å². The zero-order chi connectivity index (χ0) is 15.2. The molecule has 2 aromatic carbocycles. The highest BCUT2D eigenvalue weighted by Gasteiger charge is 2.69. The maximum Gasteiger partial charge on any atom is 0.359 e. The maximum absolute atomic E-state index is 6.29. The van der Waals surface area contributed by atoms with E-state index in [-0.39, 0.29) is 5.78 Å². The monoisotopic (exact) mass is 316 g/mol. The molecule has 2 heterocycles. The molecule has 2 aliphatic heterocycles. The first kappa shape index (κ1) is 14.1. The van der Waals surface area contributed by atoms with Crippen molar-refractivity contribution in [2.45, 2.75) is 11.8 Å². The molecule has 2 saturated heterocycles. The Morgan fingerprint density at radius 3 is 2.14 bits per heavy atom. The molecule has 1 spiro atoms. The minimum Gasteiger partial charge on any atom is -0.456 e. The second kappa shape index (κ2) is 5.30. The van der Waals surface area contributed by atoms with Gasteiger partial charge in [0.2, 0.25) is 0 Å². The van der Waals surface area contributed by atoms with Gasteiger partial charge in [0.15, 0.2) is 8.30 Å². The van der Waals surface area contributed by atoms with E-state index in [4.69, 9.17) is 14.3 Å². The van der Waals surface area contributed by atoms with Crippen LogP contribution in [0.3, 0.4) is 0 Å². The fourth-order valence-electron chi connectivity index (χ4n) is 2.76. The van der Waals surface area contributed by atoms with Gasteiger partial charge in [0.25, 0.3) is 0 Å². The summed E-state index contributed by atoms with van der Waals surface area (Å²) < 4.78 is 8.32. The van der Waals surface area contributed by atoms with Crippen molar-refractivity contribution in [3.63, 3.8) is 0 Å². The molecule has 22 heavy (non-hydrogen) atoms. The minimum absolute atomic E-state index is 0.0731. The topological polar surface area (TPSA) is 40.8 Å². The van der Waals surface area contributed by atoms with Crippen LogP contribution in [0.15, 0.2) is 60.7 Å². The Morgan fingerprint density at radius 1 is 0.955 bits per heavy atom. The van der Waals surface area contributed by atoms with Gasteiger partial charge in [-0.15, -0.1) is 0 Å². The second-order valence-electron chi connectivity index (χ2n) is 5.34. The van der Waals surface area contributed by atoms with E-state index in [1.54, 1.807) is 0 Å². The van der Waals surface area contributed by atoms with E-state index in [1.807, 2.05) is 67.3 Å². The standard InChI is InChI=1S/C16H17N2O3P/c1-17-15(13-9-5-3-6-10-13)22(18(2)16(17)20-21-16)19-14-11-7-4-8-12-14/h3-12,15H,1-2H3. The zero-order valence-electron chi connectivity index (χ0n) is 12.4. The van der Waals surface area contributed by atoms with Crippen molar-refractivity contribution in [1.82, 2.24) is 9.57 Å². The Hall–Kier alpha value is -1.49. The fourth-order valence-corrected chi connectivity index (χ4v) is 4.97. The lowest BCUT2D eigenvalue weighted by Crippen LogP contribution is -2.37. The van der Waals surface area contributed by atoms with Crippen LogP contribution in [0.2, 0.25) is 0 Å². The molecule has 6 heteroatoms. The van der Waals surface area contributed by atoms with Crippen LogP contribution in [0.4, 0.5) is 0 Å². The Balaban J connectivity index is 1.70. The van der Waals surface area contributed by atoms with E-state index in [1.165, 1.54) is 5.56 Å².